The predicted molar refractivity (Wildman–Crippen MR) is 114 cm³/mol. The van der Waals surface area contributed by atoms with Gasteiger partial charge in [-0.25, -0.2) is 13.2 Å². The number of hydrogen-bond acceptors (Lipinski definition) is 4. The minimum Gasteiger partial charge on any atom is -0.423 e. The fourth-order valence-corrected chi connectivity index (χ4v) is 5.52. The van der Waals surface area contributed by atoms with E-state index < -0.39 is 27.4 Å². The third kappa shape index (κ3) is 4.73. The van der Waals surface area contributed by atoms with Gasteiger partial charge in [0.25, 0.3) is 0 Å². The molecular weight excluding hydrogens is 443 g/mol. The molecule has 1 aliphatic heterocycles. The smallest absolute Gasteiger partial charge is 0.417 e. The first-order valence-electron chi connectivity index (χ1n) is 10.4. The highest BCUT2D eigenvalue weighted by atomic mass is 32.2. The van der Waals surface area contributed by atoms with Gasteiger partial charge in [0.1, 0.15) is 5.58 Å². The lowest BCUT2D eigenvalue weighted by Crippen LogP contribution is -2.31. The van der Waals surface area contributed by atoms with E-state index in [4.69, 9.17) is 4.42 Å². The first-order valence-corrected chi connectivity index (χ1v) is 11.8. The Morgan fingerprint density at radius 1 is 0.875 bits per heavy atom. The summed E-state index contributed by atoms with van der Waals surface area (Å²) in [4.78, 5) is 11.7. The number of nitrogens with zero attached hydrogens (tertiary/aromatic N) is 1. The minimum absolute atomic E-state index is 0.132. The summed E-state index contributed by atoms with van der Waals surface area (Å²) >= 11 is 0. The van der Waals surface area contributed by atoms with Crippen LogP contribution in [0.4, 0.5) is 13.2 Å². The first-order chi connectivity index (χ1) is 15.1. The van der Waals surface area contributed by atoms with E-state index in [1.165, 1.54) is 28.6 Å². The molecule has 0 aliphatic carbocycles. The Balaban J connectivity index is 1.60. The third-order valence-corrected chi connectivity index (χ3v) is 7.56. The highest BCUT2D eigenvalue weighted by molar-refractivity contribution is 7.89. The zero-order valence-electron chi connectivity index (χ0n) is 17.2. The Bertz CT molecular complexity index is 1270. The number of sulfonamides is 1. The second kappa shape index (κ2) is 8.71. The van der Waals surface area contributed by atoms with Crippen molar-refractivity contribution in [1.82, 2.24) is 4.31 Å². The molecule has 1 fully saturated rings. The van der Waals surface area contributed by atoms with E-state index >= 15 is 0 Å². The van der Waals surface area contributed by atoms with E-state index in [-0.39, 0.29) is 15.9 Å². The van der Waals surface area contributed by atoms with Crippen molar-refractivity contribution < 1.29 is 26.0 Å². The van der Waals surface area contributed by atoms with E-state index in [1.54, 1.807) is 18.2 Å². The number of hydrogen-bond donors (Lipinski definition) is 0. The Kier molecular flexibility index (Phi) is 6.13. The monoisotopic (exact) mass is 465 g/mol. The average Bonchev–Trinajstić information content (AvgIpc) is 3.03. The van der Waals surface area contributed by atoms with Crippen molar-refractivity contribution in [3.05, 3.63) is 75.6 Å². The molecule has 0 bridgehead atoms. The van der Waals surface area contributed by atoms with Crippen molar-refractivity contribution in [2.45, 2.75) is 43.2 Å². The van der Waals surface area contributed by atoms with Crippen LogP contribution in [0.15, 0.2) is 62.6 Å². The molecule has 1 aliphatic rings. The maximum absolute atomic E-state index is 13.4. The molecule has 0 radical (unpaired) electrons. The molecule has 0 amide bonds. The molecule has 0 spiro atoms. The van der Waals surface area contributed by atoms with Gasteiger partial charge in [0.05, 0.1) is 10.5 Å². The standard InChI is InChI=1S/C23H22F3NO4S/c24-23(25,26)20-15-22(28)31-21-10-7-17(14-19(20)21)13-16-5-8-18(9-6-16)32(29,30)27-11-3-1-2-4-12-27/h5-10,14-15H,1-4,11-13H2. The molecule has 9 heteroatoms. The van der Waals surface area contributed by atoms with Gasteiger partial charge in [-0.2, -0.15) is 17.5 Å². The van der Waals surface area contributed by atoms with Crippen LogP contribution in [0.5, 0.6) is 0 Å². The van der Waals surface area contributed by atoms with Crippen molar-refractivity contribution in [2.75, 3.05) is 13.1 Å². The summed E-state index contributed by atoms with van der Waals surface area (Å²) < 4.78 is 72.3. The summed E-state index contributed by atoms with van der Waals surface area (Å²) in [6.07, 6.45) is -0.641. The Labute approximate surface area is 183 Å². The third-order valence-electron chi connectivity index (χ3n) is 5.65. The lowest BCUT2D eigenvalue weighted by molar-refractivity contribution is -0.136. The van der Waals surface area contributed by atoms with Crippen LogP contribution in [0.25, 0.3) is 11.0 Å². The summed E-state index contributed by atoms with van der Waals surface area (Å²) in [5, 5.41) is -0.185. The van der Waals surface area contributed by atoms with Gasteiger partial charge in [0.15, 0.2) is 0 Å². The van der Waals surface area contributed by atoms with Crippen molar-refractivity contribution in [3.63, 3.8) is 0 Å². The second-order valence-corrected chi connectivity index (χ2v) is 9.88. The lowest BCUT2D eigenvalue weighted by atomic mass is 10.0. The molecule has 32 heavy (non-hydrogen) atoms. The van der Waals surface area contributed by atoms with E-state index in [2.05, 4.69) is 0 Å². The van der Waals surface area contributed by atoms with E-state index in [0.29, 0.717) is 31.1 Å². The fraction of sp³-hybridized carbons (Fsp3) is 0.348. The van der Waals surface area contributed by atoms with Crippen molar-refractivity contribution in [2.24, 2.45) is 0 Å². The number of halogens is 3. The highest BCUT2D eigenvalue weighted by Crippen LogP contribution is 2.34. The van der Waals surface area contributed by atoms with Gasteiger partial charge in [0, 0.05) is 24.5 Å². The fourth-order valence-electron chi connectivity index (χ4n) is 4.00. The van der Waals surface area contributed by atoms with Crippen LogP contribution >= 0.6 is 0 Å². The minimum atomic E-state index is -4.68. The zero-order valence-corrected chi connectivity index (χ0v) is 18.0. The number of rotatable bonds is 4. The molecule has 2 aromatic carbocycles. The van der Waals surface area contributed by atoms with E-state index in [0.717, 1.165) is 31.2 Å². The van der Waals surface area contributed by atoms with Gasteiger partial charge in [0.2, 0.25) is 10.0 Å². The van der Waals surface area contributed by atoms with Crippen molar-refractivity contribution in [3.8, 4) is 0 Å². The summed E-state index contributed by atoms with van der Waals surface area (Å²) in [6.45, 7) is 1.03. The highest BCUT2D eigenvalue weighted by Gasteiger charge is 2.34. The maximum Gasteiger partial charge on any atom is 0.417 e. The molecule has 2 heterocycles. The summed E-state index contributed by atoms with van der Waals surface area (Å²) in [6, 6.07) is 11.2. The molecule has 0 unspecified atom stereocenters. The largest absolute Gasteiger partial charge is 0.423 e. The second-order valence-electron chi connectivity index (χ2n) is 7.95. The van der Waals surface area contributed by atoms with Crippen molar-refractivity contribution >= 4 is 21.0 Å². The van der Waals surface area contributed by atoms with Crippen LogP contribution < -0.4 is 5.63 Å². The quantitative estimate of drug-likeness (QED) is 0.511. The Hall–Kier alpha value is -2.65. The van der Waals surface area contributed by atoms with Crippen LogP contribution in [0.1, 0.15) is 42.4 Å². The molecule has 5 nitrogen and oxygen atoms in total. The molecule has 0 saturated carbocycles. The number of fused-ring (bicyclic) bond motifs is 1. The summed E-state index contributed by atoms with van der Waals surface area (Å²) in [5.74, 6) is 0. The summed E-state index contributed by atoms with van der Waals surface area (Å²) in [5.41, 5.74) is -0.888. The number of benzene rings is 2. The molecule has 170 valence electrons. The zero-order chi connectivity index (χ0) is 22.9. The van der Waals surface area contributed by atoms with E-state index in [9.17, 15) is 26.4 Å². The van der Waals surface area contributed by atoms with Crippen LogP contribution in [0.3, 0.4) is 0 Å². The van der Waals surface area contributed by atoms with Gasteiger partial charge < -0.3 is 4.42 Å². The first kappa shape index (κ1) is 22.5. The molecule has 1 saturated heterocycles. The van der Waals surface area contributed by atoms with Gasteiger partial charge >= 0.3 is 11.8 Å². The molecule has 0 atom stereocenters. The predicted octanol–water partition coefficient (Wildman–Crippen LogP) is 4.97. The van der Waals surface area contributed by atoms with Crippen LogP contribution in [-0.2, 0) is 22.6 Å². The molecule has 1 aromatic heterocycles. The Morgan fingerprint density at radius 3 is 2.12 bits per heavy atom. The van der Waals surface area contributed by atoms with Gasteiger partial charge in [-0.1, -0.05) is 31.0 Å². The van der Waals surface area contributed by atoms with E-state index in [1.807, 2.05) is 0 Å². The SMILES string of the molecule is O=c1cc(C(F)(F)F)c2cc(Cc3ccc(S(=O)(=O)N4CCCCCC4)cc3)ccc2o1. The van der Waals surface area contributed by atoms with Gasteiger partial charge in [-0.15, -0.1) is 0 Å². The lowest BCUT2D eigenvalue weighted by Gasteiger charge is -2.20. The van der Waals surface area contributed by atoms with Crippen LogP contribution in [-0.4, -0.2) is 25.8 Å². The van der Waals surface area contributed by atoms with Gasteiger partial charge in [-0.3, -0.25) is 0 Å². The maximum atomic E-state index is 13.4. The Morgan fingerprint density at radius 2 is 1.50 bits per heavy atom. The van der Waals surface area contributed by atoms with Crippen LogP contribution in [0.2, 0.25) is 0 Å². The molecular formula is C23H22F3NO4S. The molecule has 3 aromatic rings. The molecule has 4 rings (SSSR count). The normalized spacial score (nSPS) is 16.2. The summed E-state index contributed by atoms with van der Waals surface area (Å²) in [7, 11) is -3.56. The van der Waals surface area contributed by atoms with Crippen molar-refractivity contribution in [1.29, 1.82) is 0 Å². The van der Waals surface area contributed by atoms with Crippen LogP contribution in [0, 0.1) is 0 Å². The van der Waals surface area contributed by atoms with Gasteiger partial charge in [-0.05, 0) is 54.7 Å². The number of alkyl halides is 3. The average molecular weight is 465 g/mol. The topological polar surface area (TPSA) is 67.6 Å². The molecule has 0 N–H and O–H groups in total.